The molecule has 4 nitrogen and oxygen atoms in total. The Balaban J connectivity index is 2.09. The summed E-state index contributed by atoms with van der Waals surface area (Å²) in [4.78, 5) is 2.14. The Hall–Kier alpha value is -0.980. The molecule has 1 aromatic carbocycles. The average Bonchev–Trinajstić information content (AvgIpc) is 2.37. The monoisotopic (exact) mass is 300 g/mol. The predicted molar refractivity (Wildman–Crippen MR) is 77.3 cm³/mol. The van der Waals surface area contributed by atoms with Gasteiger partial charge in [-0.15, -0.1) is 0 Å². The van der Waals surface area contributed by atoms with Crippen LogP contribution in [0.3, 0.4) is 0 Å². The number of benzene rings is 1. The third-order valence-corrected chi connectivity index (χ3v) is 5.66. The Kier molecular flexibility index (Phi) is 4.78. The summed E-state index contributed by atoms with van der Waals surface area (Å²) in [5, 5.41) is 0. The van der Waals surface area contributed by atoms with E-state index in [4.69, 9.17) is 0 Å². The number of nitrogens with zero attached hydrogens (tertiary/aromatic N) is 2. The zero-order valence-corrected chi connectivity index (χ0v) is 12.7. The number of likely N-dealkylation sites (N-methyl/N-ethyl adjacent to an activating group) is 2. The second kappa shape index (κ2) is 6.20. The van der Waals surface area contributed by atoms with Crippen molar-refractivity contribution < 1.29 is 12.8 Å². The Morgan fingerprint density at radius 3 is 2.85 bits per heavy atom. The van der Waals surface area contributed by atoms with Gasteiger partial charge in [0, 0.05) is 19.6 Å². The number of halogens is 1. The summed E-state index contributed by atoms with van der Waals surface area (Å²) in [7, 11) is 0.210. The molecule has 0 aromatic heterocycles. The number of hydrogen-bond donors (Lipinski definition) is 0. The highest BCUT2D eigenvalue weighted by molar-refractivity contribution is 7.88. The fraction of sp³-hybridized carbons (Fsp3) is 0.571. The SMILES string of the molecule is CN1CCCC(N(C)S(=O)(=O)Cc2cccc(F)c2)C1. The molecule has 1 atom stereocenters. The van der Waals surface area contributed by atoms with E-state index >= 15 is 0 Å². The van der Waals surface area contributed by atoms with Gasteiger partial charge >= 0.3 is 0 Å². The number of hydrogen-bond acceptors (Lipinski definition) is 3. The molecule has 0 bridgehead atoms. The Bertz CT molecular complexity index is 562. The van der Waals surface area contributed by atoms with Crippen molar-refractivity contribution in [2.24, 2.45) is 0 Å². The van der Waals surface area contributed by atoms with Crippen molar-refractivity contribution in [2.75, 3.05) is 27.2 Å². The summed E-state index contributed by atoms with van der Waals surface area (Å²) in [5.41, 5.74) is 0.487. The number of piperidine rings is 1. The van der Waals surface area contributed by atoms with Crippen LogP contribution in [0.5, 0.6) is 0 Å². The molecule has 1 fully saturated rings. The van der Waals surface area contributed by atoms with Crippen LogP contribution in [0.15, 0.2) is 24.3 Å². The third-order valence-electron chi connectivity index (χ3n) is 3.79. The van der Waals surface area contributed by atoms with E-state index in [-0.39, 0.29) is 11.8 Å². The van der Waals surface area contributed by atoms with Gasteiger partial charge in [0.15, 0.2) is 0 Å². The van der Waals surface area contributed by atoms with E-state index < -0.39 is 15.8 Å². The molecule has 0 spiro atoms. The van der Waals surface area contributed by atoms with Crippen LogP contribution in [-0.2, 0) is 15.8 Å². The van der Waals surface area contributed by atoms with Crippen molar-refractivity contribution in [3.05, 3.63) is 35.6 Å². The minimum Gasteiger partial charge on any atom is -0.305 e. The van der Waals surface area contributed by atoms with E-state index in [9.17, 15) is 12.8 Å². The summed E-state index contributed by atoms with van der Waals surface area (Å²) in [6.07, 6.45) is 1.88. The molecule has 1 aromatic rings. The highest BCUT2D eigenvalue weighted by Crippen LogP contribution is 2.19. The topological polar surface area (TPSA) is 40.6 Å². The first-order valence-corrected chi connectivity index (χ1v) is 8.38. The largest absolute Gasteiger partial charge is 0.305 e. The minimum absolute atomic E-state index is 0.00677. The molecule has 1 aliphatic rings. The summed E-state index contributed by atoms with van der Waals surface area (Å²) in [6.45, 7) is 1.76. The lowest BCUT2D eigenvalue weighted by Crippen LogP contribution is -2.47. The lowest BCUT2D eigenvalue weighted by atomic mass is 10.1. The minimum atomic E-state index is -3.41. The van der Waals surface area contributed by atoms with Crippen LogP contribution in [0.25, 0.3) is 0 Å². The van der Waals surface area contributed by atoms with Crippen molar-refractivity contribution in [2.45, 2.75) is 24.6 Å². The normalized spacial score (nSPS) is 21.3. The van der Waals surface area contributed by atoms with Gasteiger partial charge in [-0.05, 0) is 44.1 Å². The smallest absolute Gasteiger partial charge is 0.218 e. The molecule has 1 aliphatic heterocycles. The highest BCUT2D eigenvalue weighted by Gasteiger charge is 2.29. The van der Waals surface area contributed by atoms with E-state index in [0.29, 0.717) is 5.56 Å². The van der Waals surface area contributed by atoms with Crippen LogP contribution < -0.4 is 0 Å². The van der Waals surface area contributed by atoms with Crippen LogP contribution >= 0.6 is 0 Å². The lowest BCUT2D eigenvalue weighted by molar-refractivity contribution is 0.187. The van der Waals surface area contributed by atoms with Crippen LogP contribution in [0.1, 0.15) is 18.4 Å². The fourth-order valence-electron chi connectivity index (χ4n) is 2.60. The van der Waals surface area contributed by atoms with Gasteiger partial charge in [-0.2, -0.15) is 0 Å². The first-order chi connectivity index (χ1) is 9.38. The molecule has 2 rings (SSSR count). The molecule has 1 unspecified atom stereocenters. The molecule has 1 saturated heterocycles. The molecule has 1 heterocycles. The second-order valence-corrected chi connectivity index (χ2v) is 7.49. The zero-order valence-electron chi connectivity index (χ0n) is 11.9. The van der Waals surface area contributed by atoms with Gasteiger partial charge in [0.05, 0.1) is 5.75 Å². The van der Waals surface area contributed by atoms with Gasteiger partial charge in [0.2, 0.25) is 10.0 Å². The predicted octanol–water partition coefficient (Wildman–Crippen LogP) is 1.68. The molecule has 20 heavy (non-hydrogen) atoms. The molecular formula is C14H21FN2O2S. The standard InChI is InChI=1S/C14H21FN2O2S/c1-16-8-4-7-14(10-16)17(2)20(18,19)11-12-5-3-6-13(15)9-12/h3,5-6,9,14H,4,7-8,10-11H2,1-2H3. The van der Waals surface area contributed by atoms with Crippen LogP contribution in [0.2, 0.25) is 0 Å². The maximum atomic E-state index is 13.1. The molecule has 6 heteroatoms. The van der Waals surface area contributed by atoms with E-state index in [1.165, 1.54) is 22.5 Å². The molecule has 0 aliphatic carbocycles. The Labute approximate surface area is 120 Å². The first-order valence-electron chi connectivity index (χ1n) is 6.77. The molecule has 112 valence electrons. The van der Waals surface area contributed by atoms with E-state index in [2.05, 4.69) is 4.90 Å². The summed E-state index contributed by atoms with van der Waals surface area (Å²) in [5.74, 6) is -0.556. The first kappa shape index (κ1) is 15.4. The van der Waals surface area contributed by atoms with Gasteiger partial charge in [0.1, 0.15) is 5.82 Å². The van der Waals surface area contributed by atoms with E-state index in [1.54, 1.807) is 13.1 Å². The van der Waals surface area contributed by atoms with E-state index in [0.717, 1.165) is 25.9 Å². The van der Waals surface area contributed by atoms with Gasteiger partial charge in [-0.3, -0.25) is 0 Å². The van der Waals surface area contributed by atoms with Crippen LogP contribution in [0.4, 0.5) is 4.39 Å². The van der Waals surface area contributed by atoms with Gasteiger partial charge in [-0.1, -0.05) is 12.1 Å². The second-order valence-electron chi connectivity index (χ2n) is 5.46. The quantitative estimate of drug-likeness (QED) is 0.849. The lowest BCUT2D eigenvalue weighted by Gasteiger charge is -2.35. The van der Waals surface area contributed by atoms with Gasteiger partial charge in [-0.25, -0.2) is 17.1 Å². The van der Waals surface area contributed by atoms with Crippen molar-refractivity contribution in [1.29, 1.82) is 0 Å². The average molecular weight is 300 g/mol. The molecule has 0 amide bonds. The van der Waals surface area contributed by atoms with Crippen LogP contribution in [0, 0.1) is 5.82 Å². The molecule has 0 radical (unpaired) electrons. The number of sulfonamides is 1. The summed E-state index contributed by atoms with van der Waals surface area (Å²) in [6, 6.07) is 5.77. The number of rotatable bonds is 4. The van der Waals surface area contributed by atoms with Crippen molar-refractivity contribution in [1.82, 2.24) is 9.21 Å². The van der Waals surface area contributed by atoms with Gasteiger partial charge in [0.25, 0.3) is 0 Å². The maximum absolute atomic E-state index is 13.1. The zero-order chi connectivity index (χ0) is 14.8. The molecular weight excluding hydrogens is 279 g/mol. The molecule has 0 N–H and O–H groups in total. The van der Waals surface area contributed by atoms with E-state index in [1.807, 2.05) is 7.05 Å². The third kappa shape index (κ3) is 3.77. The highest BCUT2D eigenvalue weighted by atomic mass is 32.2. The Morgan fingerprint density at radius 1 is 1.45 bits per heavy atom. The van der Waals surface area contributed by atoms with Gasteiger partial charge < -0.3 is 4.90 Å². The van der Waals surface area contributed by atoms with Crippen molar-refractivity contribution in [3.8, 4) is 0 Å². The van der Waals surface area contributed by atoms with Crippen LogP contribution in [-0.4, -0.2) is 50.8 Å². The fourth-order valence-corrected chi connectivity index (χ4v) is 4.03. The summed E-state index contributed by atoms with van der Waals surface area (Å²) < 4.78 is 39.4. The summed E-state index contributed by atoms with van der Waals surface area (Å²) >= 11 is 0. The van der Waals surface area contributed by atoms with Crippen molar-refractivity contribution in [3.63, 3.8) is 0 Å². The molecule has 0 saturated carbocycles. The van der Waals surface area contributed by atoms with Crippen molar-refractivity contribution >= 4 is 10.0 Å². The number of likely N-dealkylation sites (tertiary alicyclic amines) is 1. The Morgan fingerprint density at radius 2 is 2.20 bits per heavy atom. The maximum Gasteiger partial charge on any atom is 0.218 e.